The Morgan fingerprint density at radius 3 is 2.88 bits per heavy atom. The van der Waals surface area contributed by atoms with E-state index >= 15 is 0 Å². The van der Waals surface area contributed by atoms with Crippen molar-refractivity contribution in [3.05, 3.63) is 44.6 Å². The fraction of sp³-hybridized carbons (Fsp3) is 0.167. The summed E-state index contributed by atoms with van der Waals surface area (Å²) in [5, 5.41) is 5.48. The maximum Gasteiger partial charge on any atom is 0.0494 e. The highest BCUT2D eigenvalue weighted by molar-refractivity contribution is 9.10. The molecule has 0 aliphatic rings. The summed E-state index contributed by atoms with van der Waals surface area (Å²) in [5.41, 5.74) is 8.86. The lowest BCUT2D eigenvalue weighted by atomic mass is 10.2. The molecule has 0 amide bonds. The average molecular weight is 297 g/mol. The number of anilines is 2. The second-order valence-corrected chi connectivity index (χ2v) is 5.57. The number of thiophene rings is 1. The number of nitrogens with one attached hydrogen (secondary N) is 1. The highest BCUT2D eigenvalue weighted by Crippen LogP contribution is 2.23. The molecule has 0 spiro atoms. The summed E-state index contributed by atoms with van der Waals surface area (Å²) in [7, 11) is 0. The van der Waals surface area contributed by atoms with Crippen LogP contribution in [-0.4, -0.2) is 0 Å². The summed E-state index contributed by atoms with van der Waals surface area (Å²) >= 11 is 5.19. The van der Waals surface area contributed by atoms with Gasteiger partial charge in [-0.2, -0.15) is 0 Å². The van der Waals surface area contributed by atoms with E-state index in [1.807, 2.05) is 18.2 Å². The van der Waals surface area contributed by atoms with Crippen LogP contribution in [0.2, 0.25) is 0 Å². The van der Waals surface area contributed by atoms with Crippen LogP contribution in [0, 0.1) is 6.92 Å². The van der Waals surface area contributed by atoms with Gasteiger partial charge in [0.1, 0.15) is 0 Å². The van der Waals surface area contributed by atoms with Crippen molar-refractivity contribution in [1.29, 1.82) is 0 Å². The standard InChI is InChI=1S/C12H13BrN2S/c1-8-2-3-10(14)5-12(8)15-6-11-4-9(13)7-16-11/h2-5,7,15H,6,14H2,1H3. The van der Waals surface area contributed by atoms with Crippen molar-refractivity contribution < 1.29 is 0 Å². The van der Waals surface area contributed by atoms with Crippen LogP contribution in [0.5, 0.6) is 0 Å². The Morgan fingerprint density at radius 2 is 2.19 bits per heavy atom. The molecule has 2 aromatic rings. The van der Waals surface area contributed by atoms with E-state index in [0.717, 1.165) is 22.4 Å². The summed E-state index contributed by atoms with van der Waals surface area (Å²) in [6.07, 6.45) is 0. The molecule has 0 saturated heterocycles. The van der Waals surface area contributed by atoms with Crippen molar-refractivity contribution in [2.75, 3.05) is 11.1 Å². The smallest absolute Gasteiger partial charge is 0.0494 e. The third-order valence-electron chi connectivity index (χ3n) is 2.34. The summed E-state index contributed by atoms with van der Waals surface area (Å²) in [6.45, 7) is 2.91. The fourth-order valence-electron chi connectivity index (χ4n) is 1.46. The SMILES string of the molecule is Cc1ccc(N)cc1NCc1cc(Br)cs1. The first-order valence-corrected chi connectivity index (χ1v) is 6.65. The van der Waals surface area contributed by atoms with Crippen LogP contribution in [0.1, 0.15) is 10.4 Å². The lowest BCUT2D eigenvalue weighted by molar-refractivity contribution is 1.18. The molecule has 0 bridgehead atoms. The zero-order valence-electron chi connectivity index (χ0n) is 8.96. The van der Waals surface area contributed by atoms with Crippen LogP contribution < -0.4 is 11.1 Å². The van der Waals surface area contributed by atoms with Gasteiger partial charge in [0.15, 0.2) is 0 Å². The molecule has 0 atom stereocenters. The average Bonchev–Trinajstić information content (AvgIpc) is 2.66. The monoisotopic (exact) mass is 296 g/mol. The molecule has 4 heteroatoms. The molecule has 2 nitrogen and oxygen atoms in total. The van der Waals surface area contributed by atoms with Crippen molar-refractivity contribution in [2.45, 2.75) is 13.5 Å². The minimum absolute atomic E-state index is 0.792. The molecule has 0 fully saturated rings. The molecule has 16 heavy (non-hydrogen) atoms. The number of halogens is 1. The Morgan fingerprint density at radius 1 is 1.38 bits per heavy atom. The topological polar surface area (TPSA) is 38.0 Å². The number of rotatable bonds is 3. The Hall–Kier alpha value is -1.000. The minimum atomic E-state index is 0.792. The van der Waals surface area contributed by atoms with Gasteiger partial charge < -0.3 is 11.1 Å². The van der Waals surface area contributed by atoms with Crippen LogP contribution in [0.4, 0.5) is 11.4 Å². The van der Waals surface area contributed by atoms with Crippen LogP contribution >= 0.6 is 27.3 Å². The number of aryl methyl sites for hydroxylation is 1. The van der Waals surface area contributed by atoms with E-state index in [0.29, 0.717) is 0 Å². The van der Waals surface area contributed by atoms with E-state index in [9.17, 15) is 0 Å². The highest BCUT2D eigenvalue weighted by Gasteiger charge is 2.00. The number of hydrogen-bond acceptors (Lipinski definition) is 3. The van der Waals surface area contributed by atoms with Gasteiger partial charge in [-0.3, -0.25) is 0 Å². The maximum atomic E-state index is 5.76. The van der Waals surface area contributed by atoms with Crippen LogP contribution in [0.25, 0.3) is 0 Å². The normalized spacial score (nSPS) is 10.4. The number of hydrogen-bond donors (Lipinski definition) is 2. The lowest BCUT2D eigenvalue weighted by Gasteiger charge is -2.09. The van der Waals surface area contributed by atoms with Gasteiger partial charge in [-0.15, -0.1) is 11.3 Å². The Kier molecular flexibility index (Phi) is 3.51. The van der Waals surface area contributed by atoms with Gasteiger partial charge in [-0.1, -0.05) is 6.07 Å². The zero-order chi connectivity index (χ0) is 11.5. The largest absolute Gasteiger partial charge is 0.399 e. The van der Waals surface area contributed by atoms with Crippen molar-refractivity contribution in [3.8, 4) is 0 Å². The van der Waals surface area contributed by atoms with Crippen LogP contribution in [0.3, 0.4) is 0 Å². The van der Waals surface area contributed by atoms with Gasteiger partial charge in [0.25, 0.3) is 0 Å². The molecule has 0 aliphatic heterocycles. The molecular weight excluding hydrogens is 284 g/mol. The molecule has 1 aromatic carbocycles. The first-order chi connectivity index (χ1) is 7.65. The van der Waals surface area contributed by atoms with E-state index in [1.165, 1.54) is 10.4 Å². The molecule has 0 aliphatic carbocycles. The van der Waals surface area contributed by atoms with E-state index in [2.05, 4.69) is 39.6 Å². The molecule has 0 unspecified atom stereocenters. The molecule has 1 aromatic heterocycles. The summed E-state index contributed by atoms with van der Waals surface area (Å²) in [6, 6.07) is 8.04. The Balaban J connectivity index is 2.07. The van der Waals surface area contributed by atoms with Gasteiger partial charge in [0.2, 0.25) is 0 Å². The third kappa shape index (κ3) is 2.77. The molecule has 3 N–H and O–H groups in total. The predicted molar refractivity (Wildman–Crippen MR) is 74.9 cm³/mol. The van der Waals surface area contributed by atoms with E-state index in [4.69, 9.17) is 5.73 Å². The second kappa shape index (κ2) is 4.89. The van der Waals surface area contributed by atoms with Crippen LogP contribution in [0.15, 0.2) is 34.1 Å². The van der Waals surface area contributed by atoms with Gasteiger partial charge in [0.05, 0.1) is 0 Å². The first-order valence-electron chi connectivity index (χ1n) is 4.98. The quantitative estimate of drug-likeness (QED) is 0.840. The summed E-state index contributed by atoms with van der Waals surface area (Å²) in [4.78, 5) is 1.30. The molecular formula is C12H13BrN2S. The minimum Gasteiger partial charge on any atom is -0.399 e. The number of benzene rings is 1. The zero-order valence-corrected chi connectivity index (χ0v) is 11.4. The summed E-state index contributed by atoms with van der Waals surface area (Å²) < 4.78 is 1.14. The Labute approximate surface area is 108 Å². The first kappa shape index (κ1) is 11.5. The van der Waals surface area contributed by atoms with Gasteiger partial charge in [-0.25, -0.2) is 0 Å². The van der Waals surface area contributed by atoms with Crippen molar-refractivity contribution >= 4 is 38.6 Å². The van der Waals surface area contributed by atoms with Crippen molar-refractivity contribution in [3.63, 3.8) is 0 Å². The van der Waals surface area contributed by atoms with Gasteiger partial charge in [0, 0.05) is 32.6 Å². The molecule has 2 rings (SSSR count). The predicted octanol–water partition coefficient (Wildman–Crippen LogP) is 4.01. The molecule has 0 saturated carbocycles. The lowest BCUT2D eigenvalue weighted by Crippen LogP contribution is -2.00. The van der Waals surface area contributed by atoms with E-state index in [1.54, 1.807) is 11.3 Å². The van der Waals surface area contributed by atoms with Crippen LogP contribution in [-0.2, 0) is 6.54 Å². The van der Waals surface area contributed by atoms with Crippen molar-refractivity contribution in [2.24, 2.45) is 0 Å². The maximum absolute atomic E-state index is 5.76. The van der Waals surface area contributed by atoms with Gasteiger partial charge >= 0.3 is 0 Å². The molecule has 84 valence electrons. The fourth-order valence-corrected chi connectivity index (χ4v) is 2.85. The van der Waals surface area contributed by atoms with Crippen molar-refractivity contribution in [1.82, 2.24) is 0 Å². The Bertz CT molecular complexity index is 494. The second-order valence-electron chi connectivity index (χ2n) is 3.66. The molecule has 0 radical (unpaired) electrons. The van der Waals surface area contributed by atoms with E-state index < -0.39 is 0 Å². The van der Waals surface area contributed by atoms with Gasteiger partial charge in [-0.05, 0) is 46.6 Å². The number of nitrogens with two attached hydrogens (primary N) is 1. The highest BCUT2D eigenvalue weighted by atomic mass is 79.9. The van der Waals surface area contributed by atoms with E-state index in [-0.39, 0.29) is 0 Å². The molecule has 1 heterocycles. The number of nitrogen functional groups attached to an aromatic ring is 1. The summed E-state index contributed by atoms with van der Waals surface area (Å²) in [5.74, 6) is 0. The third-order valence-corrected chi connectivity index (χ3v) is 4.03.